The molecule has 2 aromatic rings. The summed E-state index contributed by atoms with van der Waals surface area (Å²) in [5.41, 5.74) is 0.0427. The van der Waals surface area contributed by atoms with E-state index in [4.69, 9.17) is 4.74 Å². The molecule has 1 spiro atoms. The van der Waals surface area contributed by atoms with Crippen molar-refractivity contribution in [2.24, 2.45) is 0 Å². The molecular weight excluding hydrogens is 472 g/mol. The van der Waals surface area contributed by atoms with Crippen LogP contribution in [0.1, 0.15) is 17.5 Å². The molecule has 3 heterocycles. The van der Waals surface area contributed by atoms with E-state index in [-0.39, 0.29) is 45.0 Å². The number of nitrogens with zero attached hydrogens (tertiary/aromatic N) is 3. The summed E-state index contributed by atoms with van der Waals surface area (Å²) in [5.74, 6) is -0.438. The topological polar surface area (TPSA) is 116 Å². The van der Waals surface area contributed by atoms with Gasteiger partial charge in [-0.2, -0.15) is 4.31 Å². The second-order valence-electron chi connectivity index (χ2n) is 8.84. The van der Waals surface area contributed by atoms with Crippen LogP contribution in [0.4, 0.5) is 4.79 Å². The molecule has 0 bridgehead atoms. The molecule has 35 heavy (non-hydrogen) atoms. The Morgan fingerprint density at radius 2 is 1.66 bits per heavy atom. The quantitative estimate of drug-likeness (QED) is 0.612. The van der Waals surface area contributed by atoms with Gasteiger partial charge in [-0.3, -0.25) is 14.5 Å². The number of piperazine rings is 1. The second kappa shape index (κ2) is 8.97. The number of nitrogens with one attached hydrogen (secondary N) is 1. The molecule has 2 saturated heterocycles. The minimum Gasteiger partial charge on any atom is -0.493 e. The Balaban J connectivity index is 1.22. The van der Waals surface area contributed by atoms with E-state index in [1.807, 2.05) is 6.07 Å². The molecular formula is C24H26N4O6S. The highest BCUT2D eigenvalue weighted by Crippen LogP contribution is 2.40. The summed E-state index contributed by atoms with van der Waals surface area (Å²) in [6.07, 6.45) is 0.275. The first kappa shape index (κ1) is 23.3. The maximum absolute atomic E-state index is 13.4. The maximum atomic E-state index is 13.4. The zero-order valence-electron chi connectivity index (χ0n) is 19.1. The Hall–Kier alpha value is -3.44. The Bertz CT molecular complexity index is 1260. The molecule has 0 radical (unpaired) electrons. The number of carbonyl (C=O) groups excluding carboxylic acids is 3. The normalized spacial score (nSPS) is 22.6. The second-order valence-corrected chi connectivity index (χ2v) is 10.8. The van der Waals surface area contributed by atoms with E-state index in [0.29, 0.717) is 16.9 Å². The van der Waals surface area contributed by atoms with E-state index >= 15 is 0 Å². The van der Waals surface area contributed by atoms with Crippen LogP contribution in [0.25, 0.3) is 0 Å². The Morgan fingerprint density at radius 3 is 2.40 bits per heavy atom. The van der Waals surface area contributed by atoms with E-state index in [1.165, 1.54) is 9.21 Å². The fourth-order valence-electron chi connectivity index (χ4n) is 4.84. The first-order chi connectivity index (χ1) is 16.8. The SMILES string of the molecule is O=C(CN1C(=O)NC2(CCOc3ccccc32)C1=O)N1CCN(S(=O)(=O)Cc2ccccc2)CC1. The van der Waals surface area contributed by atoms with Crippen LogP contribution in [0.2, 0.25) is 0 Å². The van der Waals surface area contributed by atoms with E-state index < -0.39 is 40.0 Å². The molecule has 0 saturated carbocycles. The van der Waals surface area contributed by atoms with E-state index in [9.17, 15) is 22.8 Å². The third-order valence-corrected chi connectivity index (χ3v) is 8.58. The molecule has 11 heteroatoms. The molecule has 184 valence electrons. The van der Waals surface area contributed by atoms with Crippen LogP contribution in [0, 0.1) is 0 Å². The highest BCUT2D eigenvalue weighted by molar-refractivity contribution is 7.88. The molecule has 1 N–H and O–H groups in total. The van der Waals surface area contributed by atoms with Crippen molar-refractivity contribution in [3.05, 3.63) is 65.7 Å². The van der Waals surface area contributed by atoms with Gasteiger partial charge in [0.1, 0.15) is 12.3 Å². The summed E-state index contributed by atoms with van der Waals surface area (Å²) in [6, 6.07) is 15.4. The van der Waals surface area contributed by atoms with Crippen molar-refractivity contribution >= 4 is 27.9 Å². The van der Waals surface area contributed by atoms with Gasteiger partial charge in [-0.15, -0.1) is 0 Å². The molecule has 10 nitrogen and oxygen atoms in total. The number of urea groups is 1. The largest absolute Gasteiger partial charge is 0.493 e. The van der Waals surface area contributed by atoms with Crippen molar-refractivity contribution in [2.45, 2.75) is 17.7 Å². The van der Waals surface area contributed by atoms with Gasteiger partial charge < -0.3 is 15.0 Å². The van der Waals surface area contributed by atoms with Crippen molar-refractivity contribution in [1.29, 1.82) is 0 Å². The number of hydrogen-bond acceptors (Lipinski definition) is 6. The minimum absolute atomic E-state index is 0.0997. The van der Waals surface area contributed by atoms with E-state index in [0.717, 1.165) is 4.90 Å². The Morgan fingerprint density at radius 1 is 0.971 bits per heavy atom. The number of benzene rings is 2. The summed E-state index contributed by atoms with van der Waals surface area (Å²) in [5, 5.41) is 2.78. The van der Waals surface area contributed by atoms with Crippen molar-refractivity contribution < 1.29 is 27.5 Å². The molecule has 5 rings (SSSR count). The van der Waals surface area contributed by atoms with Gasteiger partial charge in [-0.1, -0.05) is 48.5 Å². The van der Waals surface area contributed by atoms with Crippen molar-refractivity contribution in [3.8, 4) is 5.75 Å². The third kappa shape index (κ3) is 4.25. The monoisotopic (exact) mass is 498 g/mol. The van der Waals surface area contributed by atoms with Crippen LogP contribution in [0.5, 0.6) is 5.75 Å². The summed E-state index contributed by atoms with van der Waals surface area (Å²) >= 11 is 0. The number of ether oxygens (including phenoxy) is 1. The first-order valence-electron chi connectivity index (χ1n) is 11.5. The van der Waals surface area contributed by atoms with Gasteiger partial charge in [0, 0.05) is 38.2 Å². The number of fused-ring (bicyclic) bond motifs is 2. The van der Waals surface area contributed by atoms with Gasteiger partial charge in [0.15, 0.2) is 5.54 Å². The fraction of sp³-hybridized carbons (Fsp3) is 0.375. The first-order valence-corrected chi connectivity index (χ1v) is 13.1. The number of para-hydroxylation sites is 1. The Kier molecular flexibility index (Phi) is 5.97. The smallest absolute Gasteiger partial charge is 0.325 e. The number of carbonyl (C=O) groups is 3. The predicted octanol–water partition coefficient (Wildman–Crippen LogP) is 0.890. The van der Waals surface area contributed by atoms with Crippen LogP contribution in [0.3, 0.4) is 0 Å². The van der Waals surface area contributed by atoms with Crippen LogP contribution in [-0.4, -0.2) is 79.7 Å². The standard InChI is InChI=1S/C24H26N4O6S/c29-21(26-11-13-27(14-12-26)35(32,33)17-18-6-2-1-3-7-18)16-28-22(30)24(25-23(28)31)10-15-34-20-9-5-4-8-19(20)24/h1-9H,10-17H2,(H,25,31). The molecule has 0 aromatic heterocycles. The summed E-state index contributed by atoms with van der Waals surface area (Å²) in [7, 11) is -3.52. The van der Waals surface area contributed by atoms with Gasteiger partial charge in [-0.25, -0.2) is 13.2 Å². The number of hydrogen-bond donors (Lipinski definition) is 1. The van der Waals surface area contributed by atoms with Crippen molar-refractivity contribution in [1.82, 2.24) is 19.4 Å². The maximum Gasteiger partial charge on any atom is 0.325 e. The van der Waals surface area contributed by atoms with Crippen LogP contribution >= 0.6 is 0 Å². The van der Waals surface area contributed by atoms with Gasteiger partial charge in [-0.05, 0) is 11.6 Å². The third-order valence-electron chi connectivity index (χ3n) is 6.73. The molecule has 2 aromatic carbocycles. The summed E-state index contributed by atoms with van der Waals surface area (Å²) in [4.78, 5) is 41.5. The molecule has 2 fully saturated rings. The van der Waals surface area contributed by atoms with Gasteiger partial charge in [0.2, 0.25) is 15.9 Å². The van der Waals surface area contributed by atoms with E-state index in [1.54, 1.807) is 48.5 Å². The van der Waals surface area contributed by atoms with Crippen LogP contribution in [-0.2, 0) is 30.9 Å². The minimum atomic E-state index is -3.52. The number of rotatable bonds is 5. The molecule has 4 amide bonds. The van der Waals surface area contributed by atoms with Crippen molar-refractivity contribution in [3.63, 3.8) is 0 Å². The molecule has 3 aliphatic heterocycles. The lowest BCUT2D eigenvalue weighted by Crippen LogP contribution is -2.53. The molecule has 3 aliphatic rings. The van der Waals surface area contributed by atoms with Gasteiger partial charge in [0.25, 0.3) is 5.91 Å². The van der Waals surface area contributed by atoms with Gasteiger partial charge >= 0.3 is 6.03 Å². The molecule has 1 unspecified atom stereocenters. The predicted molar refractivity (Wildman–Crippen MR) is 126 cm³/mol. The lowest BCUT2D eigenvalue weighted by atomic mass is 9.84. The average molecular weight is 499 g/mol. The van der Waals surface area contributed by atoms with Crippen molar-refractivity contribution in [2.75, 3.05) is 39.3 Å². The van der Waals surface area contributed by atoms with Gasteiger partial charge in [0.05, 0.1) is 12.4 Å². The summed E-state index contributed by atoms with van der Waals surface area (Å²) < 4.78 is 32.6. The number of imide groups is 1. The average Bonchev–Trinajstić information content (AvgIpc) is 3.09. The fourth-order valence-corrected chi connectivity index (χ4v) is 6.36. The number of amides is 4. The lowest BCUT2D eigenvalue weighted by Gasteiger charge is -2.35. The zero-order chi connectivity index (χ0) is 24.6. The highest BCUT2D eigenvalue weighted by atomic mass is 32.2. The Labute approximate surface area is 203 Å². The highest BCUT2D eigenvalue weighted by Gasteiger charge is 2.55. The van der Waals surface area contributed by atoms with E-state index in [2.05, 4.69) is 5.32 Å². The zero-order valence-corrected chi connectivity index (χ0v) is 19.9. The molecule has 0 aliphatic carbocycles. The number of sulfonamides is 1. The lowest BCUT2D eigenvalue weighted by molar-refractivity contribution is -0.140. The van der Waals surface area contributed by atoms with Crippen LogP contribution in [0.15, 0.2) is 54.6 Å². The molecule has 1 atom stereocenters. The summed E-state index contributed by atoms with van der Waals surface area (Å²) in [6.45, 7) is 0.582. The van der Waals surface area contributed by atoms with Crippen LogP contribution < -0.4 is 10.1 Å².